The lowest BCUT2D eigenvalue weighted by atomic mass is 10.1. The summed E-state index contributed by atoms with van der Waals surface area (Å²) in [5, 5.41) is 20.4. The van der Waals surface area contributed by atoms with Crippen LogP contribution in [0, 0.1) is 0 Å². The van der Waals surface area contributed by atoms with Crippen LogP contribution in [0.15, 0.2) is 36.1 Å². The van der Waals surface area contributed by atoms with E-state index in [0.29, 0.717) is 28.9 Å². The number of phenols is 2. The number of aromatic nitrogens is 1. The van der Waals surface area contributed by atoms with Crippen molar-refractivity contribution in [3.8, 4) is 23.0 Å². The number of ether oxygens (including phenoxy) is 3. The fraction of sp³-hybridized carbons (Fsp3) is 0.143. The number of hydrogen-bond donors (Lipinski definition) is 2. The Hall–Kier alpha value is -3.94. The highest BCUT2D eigenvalue weighted by Crippen LogP contribution is 2.42. The lowest BCUT2D eigenvalue weighted by Gasteiger charge is -2.16. The first-order valence-corrected chi connectivity index (χ1v) is 8.85. The monoisotopic (exact) mass is 393 g/mol. The SMILES string of the molecule is COc1ccc2c(c1)c(/C=C1\Oc3cc(O)cc(O)c3C1=O)c1n2CCOC1=O. The average Bonchev–Trinajstić information content (AvgIpc) is 3.17. The number of methoxy groups -OCH3 is 1. The van der Waals surface area contributed by atoms with E-state index in [1.165, 1.54) is 12.1 Å². The van der Waals surface area contributed by atoms with Gasteiger partial charge in [0.15, 0.2) is 5.76 Å². The number of nitrogens with zero attached hydrogens (tertiary/aromatic N) is 1. The molecule has 2 aliphatic rings. The van der Waals surface area contributed by atoms with Crippen molar-refractivity contribution in [1.29, 1.82) is 0 Å². The molecule has 146 valence electrons. The van der Waals surface area contributed by atoms with Gasteiger partial charge in [-0.3, -0.25) is 4.79 Å². The van der Waals surface area contributed by atoms with Crippen molar-refractivity contribution in [2.24, 2.45) is 0 Å². The van der Waals surface area contributed by atoms with Crippen molar-refractivity contribution in [3.63, 3.8) is 0 Å². The van der Waals surface area contributed by atoms with E-state index in [1.54, 1.807) is 19.2 Å². The fourth-order valence-corrected chi connectivity index (χ4v) is 3.79. The Bertz CT molecular complexity index is 1250. The summed E-state index contributed by atoms with van der Waals surface area (Å²) >= 11 is 0. The Morgan fingerprint density at radius 2 is 2.00 bits per heavy atom. The molecule has 2 aromatic carbocycles. The molecule has 0 spiro atoms. The van der Waals surface area contributed by atoms with E-state index in [9.17, 15) is 19.8 Å². The van der Waals surface area contributed by atoms with E-state index >= 15 is 0 Å². The van der Waals surface area contributed by atoms with Crippen LogP contribution < -0.4 is 9.47 Å². The molecule has 2 N–H and O–H groups in total. The molecule has 8 nitrogen and oxygen atoms in total. The number of ketones is 1. The van der Waals surface area contributed by atoms with Crippen molar-refractivity contribution in [1.82, 2.24) is 4.57 Å². The van der Waals surface area contributed by atoms with Crippen LogP contribution in [0.25, 0.3) is 17.0 Å². The number of fused-ring (bicyclic) bond motifs is 4. The number of rotatable bonds is 2. The minimum atomic E-state index is -0.544. The van der Waals surface area contributed by atoms with E-state index in [-0.39, 0.29) is 35.2 Å². The van der Waals surface area contributed by atoms with Gasteiger partial charge in [-0.15, -0.1) is 0 Å². The van der Waals surface area contributed by atoms with Crippen LogP contribution in [0.5, 0.6) is 23.0 Å². The molecular formula is C21H15NO7. The quantitative estimate of drug-likeness (QED) is 0.509. The number of carbonyl (C=O) groups is 2. The minimum absolute atomic E-state index is 0.0356. The number of benzene rings is 2. The first kappa shape index (κ1) is 17.2. The fourth-order valence-electron chi connectivity index (χ4n) is 3.79. The summed E-state index contributed by atoms with van der Waals surface area (Å²) in [6.07, 6.45) is 1.46. The Morgan fingerprint density at radius 1 is 1.17 bits per heavy atom. The molecule has 0 radical (unpaired) electrons. The molecule has 0 saturated carbocycles. The van der Waals surface area contributed by atoms with Crippen LogP contribution in [0.2, 0.25) is 0 Å². The predicted octanol–water partition coefficient (Wildman–Crippen LogP) is 2.85. The van der Waals surface area contributed by atoms with Crippen LogP contribution in [0.3, 0.4) is 0 Å². The zero-order valence-electron chi connectivity index (χ0n) is 15.3. The van der Waals surface area contributed by atoms with Gasteiger partial charge in [0.25, 0.3) is 0 Å². The largest absolute Gasteiger partial charge is 0.508 e. The van der Waals surface area contributed by atoms with Crippen molar-refractivity contribution >= 4 is 28.7 Å². The molecule has 0 amide bonds. The maximum atomic E-state index is 12.8. The molecule has 3 heterocycles. The van der Waals surface area contributed by atoms with Gasteiger partial charge in [-0.05, 0) is 24.3 Å². The topological polar surface area (TPSA) is 107 Å². The Morgan fingerprint density at radius 3 is 2.79 bits per heavy atom. The molecule has 1 aromatic heterocycles. The maximum absolute atomic E-state index is 12.8. The van der Waals surface area contributed by atoms with Gasteiger partial charge in [0.05, 0.1) is 13.7 Å². The second-order valence-electron chi connectivity index (χ2n) is 6.71. The number of hydrogen-bond acceptors (Lipinski definition) is 7. The van der Waals surface area contributed by atoms with E-state index in [4.69, 9.17) is 14.2 Å². The molecule has 3 aromatic rings. The lowest BCUT2D eigenvalue weighted by molar-refractivity contribution is 0.0425. The highest BCUT2D eigenvalue weighted by molar-refractivity contribution is 6.17. The molecule has 0 fully saturated rings. The second-order valence-corrected chi connectivity index (χ2v) is 6.71. The Kier molecular flexibility index (Phi) is 3.57. The number of esters is 1. The summed E-state index contributed by atoms with van der Waals surface area (Å²) in [7, 11) is 1.54. The summed E-state index contributed by atoms with van der Waals surface area (Å²) in [4.78, 5) is 25.3. The van der Waals surface area contributed by atoms with E-state index in [1.807, 2.05) is 10.6 Å². The first-order chi connectivity index (χ1) is 14.0. The number of aromatic hydroxyl groups is 2. The van der Waals surface area contributed by atoms with Crippen LogP contribution in [0.1, 0.15) is 26.4 Å². The minimum Gasteiger partial charge on any atom is -0.508 e. The van der Waals surface area contributed by atoms with Crippen molar-refractivity contribution < 1.29 is 34.0 Å². The normalized spacial score (nSPS) is 16.5. The Labute approximate surface area is 164 Å². The van der Waals surface area contributed by atoms with Crippen molar-refractivity contribution in [2.45, 2.75) is 6.54 Å². The standard InChI is InChI=1S/C21H15NO7/c1-27-11-2-3-14-12(8-11)13(19-21(26)28-5-4-22(14)19)9-17-20(25)18-15(24)6-10(23)7-16(18)29-17/h2-3,6-9,23-24H,4-5H2,1H3/b17-9-. The third-order valence-corrected chi connectivity index (χ3v) is 5.06. The van der Waals surface area contributed by atoms with Crippen molar-refractivity contribution in [3.05, 3.63) is 52.9 Å². The third-order valence-electron chi connectivity index (χ3n) is 5.06. The molecule has 0 aliphatic carbocycles. The average molecular weight is 393 g/mol. The van der Waals surface area contributed by atoms with Crippen LogP contribution in [-0.2, 0) is 11.3 Å². The van der Waals surface area contributed by atoms with E-state index in [0.717, 1.165) is 11.6 Å². The van der Waals surface area contributed by atoms with Crippen LogP contribution in [0.4, 0.5) is 0 Å². The lowest BCUT2D eigenvalue weighted by Crippen LogP contribution is -2.23. The number of cyclic esters (lactones) is 1. The van der Waals surface area contributed by atoms with E-state index in [2.05, 4.69) is 0 Å². The molecule has 5 rings (SSSR count). The second kappa shape index (κ2) is 6.03. The van der Waals surface area contributed by atoms with Gasteiger partial charge in [-0.25, -0.2) is 4.79 Å². The highest BCUT2D eigenvalue weighted by atomic mass is 16.5. The zero-order valence-corrected chi connectivity index (χ0v) is 15.3. The number of allylic oxidation sites excluding steroid dienone is 1. The third kappa shape index (κ3) is 2.46. The summed E-state index contributed by atoms with van der Waals surface area (Å²) in [6.45, 7) is 0.739. The van der Waals surface area contributed by atoms with E-state index < -0.39 is 11.8 Å². The molecule has 0 atom stereocenters. The molecule has 0 unspecified atom stereocenters. The predicted molar refractivity (Wildman–Crippen MR) is 101 cm³/mol. The summed E-state index contributed by atoms with van der Waals surface area (Å²) in [5.41, 5.74) is 1.54. The van der Waals surface area contributed by atoms with Gasteiger partial charge < -0.3 is 29.0 Å². The van der Waals surface area contributed by atoms with Crippen molar-refractivity contribution in [2.75, 3.05) is 13.7 Å². The molecule has 0 saturated heterocycles. The van der Waals surface area contributed by atoms with Gasteiger partial charge in [-0.2, -0.15) is 0 Å². The highest BCUT2D eigenvalue weighted by Gasteiger charge is 2.33. The molecule has 2 aliphatic heterocycles. The zero-order chi connectivity index (χ0) is 20.3. The van der Waals surface area contributed by atoms with Gasteiger partial charge in [0, 0.05) is 28.6 Å². The van der Waals surface area contributed by atoms with Crippen LogP contribution >= 0.6 is 0 Å². The Balaban J connectivity index is 1.74. The summed E-state index contributed by atoms with van der Waals surface area (Å²) < 4.78 is 17.9. The summed E-state index contributed by atoms with van der Waals surface area (Å²) in [5.74, 6) is -1.07. The summed E-state index contributed by atoms with van der Waals surface area (Å²) in [6, 6.07) is 7.73. The van der Waals surface area contributed by atoms with Gasteiger partial charge in [0.2, 0.25) is 5.78 Å². The molecule has 8 heteroatoms. The van der Waals surface area contributed by atoms with Gasteiger partial charge in [0.1, 0.15) is 40.9 Å². The number of Topliss-reactive ketones (excluding diaryl/α,β-unsaturated/α-hetero) is 1. The van der Waals surface area contributed by atoms with Crippen LogP contribution in [-0.4, -0.2) is 40.2 Å². The molecule has 0 bridgehead atoms. The van der Waals surface area contributed by atoms with Gasteiger partial charge >= 0.3 is 5.97 Å². The number of carbonyl (C=O) groups excluding carboxylic acids is 2. The maximum Gasteiger partial charge on any atom is 0.355 e. The number of phenolic OH excluding ortho intramolecular Hbond substituents is 2. The van der Waals surface area contributed by atoms with Gasteiger partial charge in [-0.1, -0.05) is 0 Å². The smallest absolute Gasteiger partial charge is 0.355 e. The molecule has 29 heavy (non-hydrogen) atoms. The first-order valence-electron chi connectivity index (χ1n) is 8.85. The molecular weight excluding hydrogens is 378 g/mol.